The van der Waals surface area contributed by atoms with Crippen LogP contribution in [0.25, 0.3) is 75.8 Å². The van der Waals surface area contributed by atoms with Crippen molar-refractivity contribution in [3.63, 3.8) is 0 Å². The van der Waals surface area contributed by atoms with E-state index in [0.717, 1.165) is 17.1 Å². The van der Waals surface area contributed by atoms with Crippen LogP contribution in [0.1, 0.15) is 47.2 Å². The smallest absolute Gasteiger partial charge is 0.0726 e. The van der Waals surface area contributed by atoms with Crippen LogP contribution >= 0.6 is 11.3 Å². The summed E-state index contributed by atoms with van der Waals surface area (Å²) in [6, 6.07) is 84.9. The van der Waals surface area contributed by atoms with Gasteiger partial charge in [-0.05, 0) is 132 Å². The molecule has 1 unspecified atom stereocenters. The Labute approximate surface area is 389 Å². The molecule has 0 saturated heterocycles. The molecular formula is C64H43NS. The summed E-state index contributed by atoms with van der Waals surface area (Å²) in [5, 5.41) is 2.65. The van der Waals surface area contributed by atoms with Crippen molar-refractivity contribution < 1.29 is 0 Å². The summed E-state index contributed by atoms with van der Waals surface area (Å²) in [4.78, 5) is 2.54. The Morgan fingerprint density at radius 2 is 0.803 bits per heavy atom. The van der Waals surface area contributed by atoms with E-state index in [9.17, 15) is 0 Å². The van der Waals surface area contributed by atoms with Crippen molar-refractivity contribution in [3.05, 3.63) is 258 Å². The molecule has 14 rings (SSSR count). The van der Waals surface area contributed by atoms with Crippen LogP contribution in [0.2, 0.25) is 0 Å². The van der Waals surface area contributed by atoms with Crippen LogP contribution in [0.15, 0.2) is 224 Å². The first-order valence-electron chi connectivity index (χ1n) is 23.1. The lowest BCUT2D eigenvalue weighted by Gasteiger charge is -2.37. The van der Waals surface area contributed by atoms with Gasteiger partial charge in [0, 0.05) is 42.5 Å². The minimum atomic E-state index is -0.635. The molecule has 10 aromatic carbocycles. The first-order chi connectivity index (χ1) is 32.5. The minimum absolute atomic E-state index is 0.160. The molecular weight excluding hydrogens is 815 g/mol. The topological polar surface area (TPSA) is 3.24 Å². The van der Waals surface area contributed by atoms with E-state index < -0.39 is 5.41 Å². The van der Waals surface area contributed by atoms with E-state index in [0.29, 0.717) is 0 Å². The summed E-state index contributed by atoms with van der Waals surface area (Å²) in [6.07, 6.45) is 0. The Hall–Kier alpha value is -7.78. The second-order valence-corrected chi connectivity index (χ2v) is 19.8. The molecule has 0 aliphatic heterocycles. The maximum Gasteiger partial charge on any atom is 0.0726 e. The minimum Gasteiger partial charge on any atom is -0.310 e. The van der Waals surface area contributed by atoms with Gasteiger partial charge in [0.1, 0.15) is 0 Å². The normalized spacial score (nSPS) is 15.6. The van der Waals surface area contributed by atoms with Gasteiger partial charge >= 0.3 is 0 Å². The van der Waals surface area contributed by atoms with Gasteiger partial charge in [-0.3, -0.25) is 0 Å². The second-order valence-electron chi connectivity index (χ2n) is 18.7. The summed E-state index contributed by atoms with van der Waals surface area (Å²) in [5.41, 5.74) is 23.3. The van der Waals surface area contributed by atoms with Crippen LogP contribution in [0.5, 0.6) is 0 Å². The van der Waals surface area contributed by atoms with Crippen LogP contribution in [0, 0.1) is 0 Å². The molecule has 1 atom stereocenters. The Kier molecular flexibility index (Phi) is 7.89. The van der Waals surface area contributed by atoms with Crippen molar-refractivity contribution in [2.24, 2.45) is 0 Å². The molecule has 1 spiro atoms. The van der Waals surface area contributed by atoms with Gasteiger partial charge in [-0.25, -0.2) is 0 Å². The van der Waals surface area contributed by atoms with Gasteiger partial charge in [-0.1, -0.05) is 190 Å². The van der Waals surface area contributed by atoms with Gasteiger partial charge in [0.25, 0.3) is 0 Å². The molecule has 0 amide bonds. The van der Waals surface area contributed by atoms with Gasteiger partial charge in [-0.15, -0.1) is 11.3 Å². The number of para-hydroxylation sites is 1. The van der Waals surface area contributed by atoms with E-state index in [1.807, 2.05) is 11.3 Å². The zero-order valence-electron chi connectivity index (χ0n) is 36.7. The van der Waals surface area contributed by atoms with Gasteiger partial charge in [0.05, 0.1) is 11.1 Å². The predicted octanol–water partition coefficient (Wildman–Crippen LogP) is 17.5. The first-order valence-corrected chi connectivity index (χ1v) is 23.9. The van der Waals surface area contributed by atoms with Crippen molar-refractivity contribution in [2.75, 3.05) is 4.90 Å². The monoisotopic (exact) mass is 857 g/mol. The lowest BCUT2D eigenvalue weighted by atomic mass is 9.65. The molecule has 0 radical (unpaired) electrons. The fraction of sp³-hybridized carbons (Fsp3) is 0.0625. The molecule has 0 fully saturated rings. The molecule has 11 aromatic rings. The van der Waals surface area contributed by atoms with Crippen LogP contribution in [-0.2, 0) is 10.8 Å². The molecule has 1 aromatic heterocycles. The highest BCUT2D eigenvalue weighted by molar-refractivity contribution is 7.25. The molecule has 310 valence electrons. The van der Waals surface area contributed by atoms with E-state index in [1.54, 1.807) is 0 Å². The van der Waals surface area contributed by atoms with E-state index in [4.69, 9.17) is 0 Å². The SMILES string of the molecule is CC1(C)c2ccccc2-c2ccc(N(c3ccc4c(c3)C3(c5ccccc5-c5ccccc5-4)c4ccccc4-c4cc5c(cc43)sc3ccccc35)c3ccccc3-c3ccccc3)cc21. The van der Waals surface area contributed by atoms with E-state index >= 15 is 0 Å². The van der Waals surface area contributed by atoms with E-state index in [1.165, 1.54) is 109 Å². The number of benzene rings is 10. The summed E-state index contributed by atoms with van der Waals surface area (Å²) in [5.74, 6) is 0. The lowest BCUT2D eigenvalue weighted by molar-refractivity contribution is 0.660. The number of hydrogen-bond acceptors (Lipinski definition) is 2. The fourth-order valence-electron chi connectivity index (χ4n) is 12.2. The predicted molar refractivity (Wildman–Crippen MR) is 279 cm³/mol. The standard InChI is InChI=1S/C64H43NS/c1-63(2)54-27-13-8-24-47(54)50-35-33-41(36-57(50)63)65(60-30-16-11-20-43(60)40-18-4-3-5-19-40)42-32-34-49-45-22-7-6-21-44(45)46-23-9-14-28-55(46)64(58(49)37-42)56-29-15-10-25-48(56)52-38-53-51-26-12-17-31-61(51)66-62(53)39-59(52)64/h3-39H,1-2H3. The van der Waals surface area contributed by atoms with Crippen LogP contribution < -0.4 is 4.90 Å². The van der Waals surface area contributed by atoms with E-state index in [-0.39, 0.29) is 5.41 Å². The molecule has 0 saturated carbocycles. The van der Waals surface area contributed by atoms with Crippen LogP contribution in [0.4, 0.5) is 17.1 Å². The number of fused-ring (bicyclic) bond motifs is 18. The van der Waals surface area contributed by atoms with Crippen LogP contribution in [0.3, 0.4) is 0 Å². The summed E-state index contributed by atoms with van der Waals surface area (Å²) >= 11 is 1.91. The van der Waals surface area contributed by atoms with E-state index in [2.05, 4.69) is 243 Å². The summed E-state index contributed by atoms with van der Waals surface area (Å²) in [6.45, 7) is 4.76. The quantitative estimate of drug-likeness (QED) is 0.170. The zero-order valence-corrected chi connectivity index (χ0v) is 37.5. The number of rotatable bonds is 4. The number of thiophene rings is 1. The fourth-order valence-corrected chi connectivity index (χ4v) is 13.4. The molecule has 0 N–H and O–H groups in total. The van der Waals surface area contributed by atoms with Crippen molar-refractivity contribution in [1.82, 2.24) is 0 Å². The highest BCUT2D eigenvalue weighted by atomic mass is 32.1. The third-order valence-corrected chi connectivity index (χ3v) is 16.2. The Morgan fingerprint density at radius 3 is 1.50 bits per heavy atom. The van der Waals surface area contributed by atoms with Crippen molar-refractivity contribution in [2.45, 2.75) is 24.7 Å². The van der Waals surface area contributed by atoms with Gasteiger partial charge in [-0.2, -0.15) is 0 Å². The number of anilines is 3. The average molecular weight is 858 g/mol. The van der Waals surface area contributed by atoms with Gasteiger partial charge in [0.2, 0.25) is 0 Å². The Morgan fingerprint density at radius 1 is 0.318 bits per heavy atom. The molecule has 66 heavy (non-hydrogen) atoms. The van der Waals surface area contributed by atoms with Crippen molar-refractivity contribution in [1.29, 1.82) is 0 Å². The van der Waals surface area contributed by atoms with Gasteiger partial charge in [0.15, 0.2) is 0 Å². The molecule has 2 heteroatoms. The first kappa shape index (κ1) is 37.6. The molecule has 1 heterocycles. The zero-order chi connectivity index (χ0) is 43.7. The van der Waals surface area contributed by atoms with Crippen LogP contribution in [-0.4, -0.2) is 0 Å². The van der Waals surface area contributed by atoms with Crippen molar-refractivity contribution in [3.8, 4) is 55.6 Å². The third kappa shape index (κ3) is 5.05. The number of nitrogens with zero attached hydrogens (tertiary/aromatic N) is 1. The van der Waals surface area contributed by atoms with Crippen molar-refractivity contribution >= 4 is 48.6 Å². The molecule has 1 nitrogen and oxygen atoms in total. The Bertz CT molecular complexity index is 3810. The molecule has 3 aliphatic rings. The van der Waals surface area contributed by atoms with Gasteiger partial charge < -0.3 is 4.90 Å². The highest BCUT2D eigenvalue weighted by Crippen LogP contribution is 2.63. The molecule has 3 aliphatic carbocycles. The largest absolute Gasteiger partial charge is 0.310 e. The third-order valence-electron chi connectivity index (χ3n) is 15.1. The highest BCUT2D eigenvalue weighted by Gasteiger charge is 2.50. The summed E-state index contributed by atoms with van der Waals surface area (Å²) in [7, 11) is 0. The lowest BCUT2D eigenvalue weighted by Crippen LogP contribution is -2.29. The second kappa shape index (κ2) is 13.9. The average Bonchev–Trinajstić information content (AvgIpc) is 3.93. The number of hydrogen-bond donors (Lipinski definition) is 0. The molecule has 0 bridgehead atoms. The Balaban J connectivity index is 1.11. The maximum absolute atomic E-state index is 2.56. The summed E-state index contributed by atoms with van der Waals surface area (Å²) < 4.78 is 2.64. The maximum atomic E-state index is 2.56.